The van der Waals surface area contributed by atoms with Gasteiger partial charge in [-0.25, -0.2) is 0 Å². The average molecular weight is 239 g/mol. The van der Waals surface area contributed by atoms with E-state index in [0.29, 0.717) is 6.04 Å². The highest BCUT2D eigenvalue weighted by molar-refractivity contribution is 7.10. The first kappa shape index (κ1) is 13.7. The fourth-order valence-electron chi connectivity index (χ4n) is 2.31. The van der Waals surface area contributed by atoms with Crippen LogP contribution in [0, 0.1) is 12.8 Å². The van der Waals surface area contributed by atoms with Gasteiger partial charge in [0.2, 0.25) is 0 Å². The maximum Gasteiger partial charge on any atom is 0.0359 e. The van der Waals surface area contributed by atoms with E-state index in [4.69, 9.17) is 0 Å². The predicted molar refractivity (Wildman–Crippen MR) is 74.2 cm³/mol. The molecule has 1 heterocycles. The Labute approximate surface area is 104 Å². The van der Waals surface area contributed by atoms with Crippen LogP contribution >= 0.6 is 11.3 Å². The molecule has 0 aliphatic heterocycles. The summed E-state index contributed by atoms with van der Waals surface area (Å²) in [5.41, 5.74) is 1.52. The average Bonchev–Trinajstić information content (AvgIpc) is 2.71. The van der Waals surface area contributed by atoms with E-state index in [1.54, 1.807) is 0 Å². The zero-order valence-corrected chi connectivity index (χ0v) is 11.9. The summed E-state index contributed by atoms with van der Waals surface area (Å²) in [6.45, 7) is 10.2. The Morgan fingerprint density at radius 3 is 2.38 bits per heavy atom. The Hall–Kier alpha value is -0.340. The third-order valence-electron chi connectivity index (χ3n) is 3.37. The van der Waals surface area contributed by atoms with Crippen LogP contribution in [0.2, 0.25) is 0 Å². The normalized spacial score (nSPS) is 13.3. The van der Waals surface area contributed by atoms with Gasteiger partial charge in [0.15, 0.2) is 0 Å². The van der Waals surface area contributed by atoms with Crippen molar-refractivity contribution in [3.63, 3.8) is 0 Å². The van der Waals surface area contributed by atoms with Gasteiger partial charge in [-0.15, -0.1) is 11.3 Å². The molecule has 0 saturated carbocycles. The summed E-state index contributed by atoms with van der Waals surface area (Å²) in [5.74, 6) is 0.764. The van der Waals surface area contributed by atoms with Crippen LogP contribution in [-0.2, 0) is 0 Å². The van der Waals surface area contributed by atoms with Crippen LogP contribution in [0.15, 0.2) is 11.4 Å². The highest BCUT2D eigenvalue weighted by Crippen LogP contribution is 2.31. The molecular weight excluding hydrogens is 214 g/mol. The van der Waals surface area contributed by atoms with Gasteiger partial charge in [0, 0.05) is 10.9 Å². The smallest absolute Gasteiger partial charge is 0.0359 e. The van der Waals surface area contributed by atoms with Gasteiger partial charge >= 0.3 is 0 Å². The van der Waals surface area contributed by atoms with Crippen molar-refractivity contribution in [2.75, 3.05) is 6.54 Å². The summed E-state index contributed by atoms with van der Waals surface area (Å²) in [5, 5.41) is 5.94. The molecule has 1 aromatic heterocycles. The minimum atomic E-state index is 0.557. The molecule has 1 N–H and O–H groups in total. The number of thiophene rings is 1. The second kappa shape index (κ2) is 7.08. The summed E-state index contributed by atoms with van der Waals surface area (Å²) in [6, 6.07) is 2.85. The quantitative estimate of drug-likeness (QED) is 0.737. The second-order valence-electron chi connectivity index (χ2n) is 4.44. The molecule has 1 nitrogen and oxygen atoms in total. The molecule has 0 spiro atoms. The van der Waals surface area contributed by atoms with Crippen LogP contribution in [0.25, 0.3) is 0 Å². The minimum Gasteiger partial charge on any atom is -0.310 e. The summed E-state index contributed by atoms with van der Waals surface area (Å²) in [7, 11) is 0. The van der Waals surface area contributed by atoms with E-state index in [1.807, 2.05) is 11.3 Å². The molecule has 16 heavy (non-hydrogen) atoms. The summed E-state index contributed by atoms with van der Waals surface area (Å²) < 4.78 is 0. The standard InChI is InChI=1S/C14H25NS/c1-5-9-15-14(12(6-2)7-3)13-8-10-16-11(13)4/h8,10,12,14-15H,5-7,9H2,1-4H3. The molecule has 0 bridgehead atoms. The molecule has 0 radical (unpaired) electrons. The van der Waals surface area contributed by atoms with Crippen molar-refractivity contribution in [3.05, 3.63) is 21.9 Å². The maximum absolute atomic E-state index is 3.72. The van der Waals surface area contributed by atoms with Crippen LogP contribution in [0.3, 0.4) is 0 Å². The largest absolute Gasteiger partial charge is 0.310 e. The van der Waals surface area contributed by atoms with E-state index in [9.17, 15) is 0 Å². The lowest BCUT2D eigenvalue weighted by atomic mass is 9.89. The Morgan fingerprint density at radius 2 is 1.94 bits per heavy atom. The first-order chi connectivity index (χ1) is 7.74. The molecule has 2 heteroatoms. The molecule has 0 aromatic carbocycles. The monoisotopic (exact) mass is 239 g/mol. The molecule has 1 atom stereocenters. The van der Waals surface area contributed by atoms with Crippen LogP contribution < -0.4 is 5.32 Å². The topological polar surface area (TPSA) is 12.0 Å². The van der Waals surface area contributed by atoms with Gasteiger partial charge in [-0.05, 0) is 42.8 Å². The highest BCUT2D eigenvalue weighted by Gasteiger charge is 2.21. The highest BCUT2D eigenvalue weighted by atomic mass is 32.1. The van der Waals surface area contributed by atoms with Crippen molar-refractivity contribution < 1.29 is 0 Å². The van der Waals surface area contributed by atoms with E-state index in [-0.39, 0.29) is 0 Å². The summed E-state index contributed by atoms with van der Waals surface area (Å²) in [4.78, 5) is 1.47. The van der Waals surface area contributed by atoms with Gasteiger partial charge in [0.25, 0.3) is 0 Å². The lowest BCUT2D eigenvalue weighted by molar-refractivity contribution is 0.341. The molecule has 1 aromatic rings. The van der Waals surface area contributed by atoms with Gasteiger partial charge in [-0.1, -0.05) is 33.6 Å². The fourth-order valence-corrected chi connectivity index (χ4v) is 3.06. The van der Waals surface area contributed by atoms with Gasteiger partial charge < -0.3 is 5.32 Å². The molecule has 1 rings (SSSR count). The van der Waals surface area contributed by atoms with Crippen LogP contribution in [-0.4, -0.2) is 6.54 Å². The van der Waals surface area contributed by atoms with Crippen LogP contribution in [0.1, 0.15) is 56.5 Å². The Balaban J connectivity index is 2.82. The second-order valence-corrected chi connectivity index (χ2v) is 5.56. The predicted octanol–water partition coefficient (Wildman–Crippen LogP) is 4.53. The summed E-state index contributed by atoms with van der Waals surface area (Å²) in [6.07, 6.45) is 3.72. The van der Waals surface area contributed by atoms with Crippen LogP contribution in [0.4, 0.5) is 0 Å². The van der Waals surface area contributed by atoms with E-state index >= 15 is 0 Å². The van der Waals surface area contributed by atoms with Gasteiger partial charge in [0.05, 0.1) is 0 Å². The van der Waals surface area contributed by atoms with Crippen molar-refractivity contribution in [3.8, 4) is 0 Å². The molecule has 0 aliphatic carbocycles. The molecule has 92 valence electrons. The first-order valence-corrected chi connectivity index (χ1v) is 7.39. The van der Waals surface area contributed by atoms with E-state index in [1.165, 1.54) is 29.7 Å². The van der Waals surface area contributed by atoms with Gasteiger partial charge in [-0.3, -0.25) is 0 Å². The fraction of sp³-hybridized carbons (Fsp3) is 0.714. The zero-order valence-electron chi connectivity index (χ0n) is 11.0. The SMILES string of the molecule is CCCNC(c1ccsc1C)C(CC)CC. The molecule has 0 fully saturated rings. The minimum absolute atomic E-state index is 0.557. The lowest BCUT2D eigenvalue weighted by Crippen LogP contribution is -2.28. The summed E-state index contributed by atoms with van der Waals surface area (Å²) >= 11 is 1.86. The Bertz CT molecular complexity index is 289. The van der Waals surface area contributed by atoms with Crippen molar-refractivity contribution in [1.82, 2.24) is 5.32 Å². The van der Waals surface area contributed by atoms with Gasteiger partial charge in [-0.2, -0.15) is 0 Å². The van der Waals surface area contributed by atoms with Crippen molar-refractivity contribution in [2.45, 2.75) is 53.0 Å². The molecular formula is C14H25NS. The third kappa shape index (κ3) is 3.33. The van der Waals surface area contributed by atoms with E-state index in [0.717, 1.165) is 12.5 Å². The number of nitrogens with one attached hydrogen (secondary N) is 1. The van der Waals surface area contributed by atoms with Crippen molar-refractivity contribution in [2.24, 2.45) is 5.92 Å². The van der Waals surface area contributed by atoms with Gasteiger partial charge in [0.1, 0.15) is 0 Å². The van der Waals surface area contributed by atoms with Crippen molar-refractivity contribution in [1.29, 1.82) is 0 Å². The number of aryl methyl sites for hydroxylation is 1. The van der Waals surface area contributed by atoms with E-state index in [2.05, 4.69) is 44.5 Å². The van der Waals surface area contributed by atoms with Crippen LogP contribution in [0.5, 0.6) is 0 Å². The molecule has 0 aliphatic rings. The number of hydrogen-bond acceptors (Lipinski definition) is 2. The lowest BCUT2D eigenvalue weighted by Gasteiger charge is -2.27. The Kier molecular flexibility index (Phi) is 6.07. The maximum atomic E-state index is 3.72. The molecule has 1 unspecified atom stereocenters. The van der Waals surface area contributed by atoms with Crippen molar-refractivity contribution >= 4 is 11.3 Å². The molecule has 0 amide bonds. The first-order valence-electron chi connectivity index (χ1n) is 6.51. The third-order valence-corrected chi connectivity index (χ3v) is 4.23. The molecule has 0 saturated heterocycles. The van der Waals surface area contributed by atoms with E-state index < -0.39 is 0 Å². The Morgan fingerprint density at radius 1 is 1.25 bits per heavy atom. The number of hydrogen-bond donors (Lipinski definition) is 1. The zero-order chi connectivity index (χ0) is 12.0. The number of rotatable bonds is 7.